The van der Waals surface area contributed by atoms with E-state index in [1.54, 1.807) is 17.4 Å². The van der Waals surface area contributed by atoms with Crippen LogP contribution in [0.3, 0.4) is 0 Å². The summed E-state index contributed by atoms with van der Waals surface area (Å²) in [6, 6.07) is 7.80. The molecule has 0 aliphatic heterocycles. The van der Waals surface area contributed by atoms with E-state index in [1.807, 2.05) is 38.4 Å². The minimum absolute atomic E-state index is 0.981. The maximum Gasteiger partial charge on any atom is 0.0542 e. The summed E-state index contributed by atoms with van der Waals surface area (Å²) in [5.41, 5.74) is 2.03. The van der Waals surface area contributed by atoms with E-state index in [2.05, 4.69) is 10.2 Å². The van der Waals surface area contributed by atoms with Crippen molar-refractivity contribution in [2.45, 2.75) is 0 Å². The van der Waals surface area contributed by atoms with Crippen molar-refractivity contribution in [3.8, 4) is 0 Å². The van der Waals surface area contributed by atoms with Crippen molar-refractivity contribution in [2.75, 3.05) is 14.1 Å². The van der Waals surface area contributed by atoms with Gasteiger partial charge < -0.3 is 10.9 Å². The molecular weight excluding hydrogens is 176 g/mol. The number of rotatable bonds is 3. The van der Waals surface area contributed by atoms with Crippen molar-refractivity contribution in [1.29, 1.82) is 0 Å². The molecule has 0 fully saturated rings. The summed E-state index contributed by atoms with van der Waals surface area (Å²) in [7, 11) is 3.76. The molecule has 0 radical (unpaired) electrons. The summed E-state index contributed by atoms with van der Waals surface area (Å²) in [6.07, 6.45) is 3.40. The van der Waals surface area contributed by atoms with Crippen LogP contribution < -0.4 is 5.84 Å². The Morgan fingerprint density at radius 1 is 1.07 bits per heavy atom. The number of nitrogens with zero attached hydrogens (tertiary/aromatic N) is 3. The van der Waals surface area contributed by atoms with Crippen LogP contribution in [0.5, 0.6) is 0 Å². The number of nitrogens with two attached hydrogens (primary N) is 1. The zero-order valence-electron chi connectivity index (χ0n) is 8.38. The van der Waals surface area contributed by atoms with Gasteiger partial charge in [-0.2, -0.15) is 10.2 Å². The third-order valence-corrected chi connectivity index (χ3v) is 1.60. The molecule has 4 nitrogen and oxygen atoms in total. The van der Waals surface area contributed by atoms with Crippen LogP contribution in [0.1, 0.15) is 11.1 Å². The van der Waals surface area contributed by atoms with Gasteiger partial charge in [0.1, 0.15) is 0 Å². The Morgan fingerprint density at radius 2 is 1.57 bits per heavy atom. The summed E-state index contributed by atoms with van der Waals surface area (Å²) >= 11 is 0. The highest BCUT2D eigenvalue weighted by molar-refractivity contribution is 5.83. The molecule has 14 heavy (non-hydrogen) atoms. The van der Waals surface area contributed by atoms with E-state index in [-0.39, 0.29) is 0 Å². The second kappa shape index (κ2) is 5.01. The van der Waals surface area contributed by atoms with Gasteiger partial charge in [0.2, 0.25) is 0 Å². The van der Waals surface area contributed by atoms with Gasteiger partial charge in [0.15, 0.2) is 0 Å². The molecule has 1 aromatic rings. The fourth-order valence-electron chi connectivity index (χ4n) is 0.936. The minimum atomic E-state index is 0.981. The third kappa shape index (κ3) is 3.26. The summed E-state index contributed by atoms with van der Waals surface area (Å²) < 4.78 is 0. The monoisotopic (exact) mass is 190 g/mol. The average molecular weight is 190 g/mol. The molecule has 74 valence electrons. The molecule has 0 atom stereocenters. The molecule has 0 aliphatic rings. The first-order valence-electron chi connectivity index (χ1n) is 4.27. The van der Waals surface area contributed by atoms with Gasteiger partial charge in [0.05, 0.1) is 12.4 Å². The van der Waals surface area contributed by atoms with Gasteiger partial charge in [-0.1, -0.05) is 24.3 Å². The van der Waals surface area contributed by atoms with Crippen LogP contribution in [0, 0.1) is 0 Å². The Morgan fingerprint density at radius 3 is 2.00 bits per heavy atom. The first kappa shape index (κ1) is 10.2. The highest BCUT2D eigenvalue weighted by atomic mass is 15.4. The first-order chi connectivity index (χ1) is 6.72. The molecule has 4 heteroatoms. The molecule has 0 aliphatic carbocycles. The maximum atomic E-state index is 5.03. The van der Waals surface area contributed by atoms with Crippen molar-refractivity contribution >= 4 is 12.4 Å². The van der Waals surface area contributed by atoms with Gasteiger partial charge in [-0.15, -0.1) is 0 Å². The van der Waals surface area contributed by atoms with Crippen LogP contribution in [0.15, 0.2) is 34.5 Å². The average Bonchev–Trinajstić information content (AvgIpc) is 2.17. The van der Waals surface area contributed by atoms with Crippen LogP contribution in [-0.4, -0.2) is 31.5 Å². The van der Waals surface area contributed by atoms with Gasteiger partial charge >= 0.3 is 0 Å². The van der Waals surface area contributed by atoms with E-state index >= 15 is 0 Å². The lowest BCUT2D eigenvalue weighted by molar-refractivity contribution is 0.440. The van der Waals surface area contributed by atoms with Crippen LogP contribution in [0.2, 0.25) is 0 Å². The number of benzene rings is 1. The van der Waals surface area contributed by atoms with E-state index in [1.165, 1.54) is 0 Å². The molecule has 0 saturated heterocycles. The number of hydrogen-bond acceptors (Lipinski definition) is 4. The van der Waals surface area contributed by atoms with Crippen LogP contribution in [-0.2, 0) is 0 Å². The van der Waals surface area contributed by atoms with Crippen LogP contribution in [0.4, 0.5) is 0 Å². The van der Waals surface area contributed by atoms with Crippen LogP contribution >= 0.6 is 0 Å². The lowest BCUT2D eigenvalue weighted by atomic mass is 10.2. The predicted octanol–water partition coefficient (Wildman–Crippen LogP) is 0.875. The molecule has 0 heterocycles. The van der Waals surface area contributed by atoms with Crippen molar-refractivity contribution in [3.05, 3.63) is 35.4 Å². The van der Waals surface area contributed by atoms with E-state index < -0.39 is 0 Å². The molecule has 0 aromatic heterocycles. The van der Waals surface area contributed by atoms with Crippen molar-refractivity contribution in [2.24, 2.45) is 16.0 Å². The maximum absolute atomic E-state index is 5.03. The minimum Gasteiger partial charge on any atom is -0.323 e. The van der Waals surface area contributed by atoms with Gasteiger partial charge in [0, 0.05) is 14.1 Å². The van der Waals surface area contributed by atoms with Crippen molar-refractivity contribution < 1.29 is 0 Å². The predicted molar refractivity (Wildman–Crippen MR) is 59.5 cm³/mol. The molecule has 0 amide bonds. The highest BCUT2D eigenvalue weighted by Crippen LogP contribution is 2.00. The zero-order chi connectivity index (χ0) is 10.4. The Kier molecular flexibility index (Phi) is 3.67. The molecule has 0 bridgehead atoms. The largest absolute Gasteiger partial charge is 0.323 e. The SMILES string of the molecule is CN(C)/N=C/c1ccc(/C=N/N)cc1. The van der Waals surface area contributed by atoms with Crippen LogP contribution in [0.25, 0.3) is 0 Å². The Hall–Kier alpha value is -1.84. The Bertz CT molecular complexity index is 324. The lowest BCUT2D eigenvalue weighted by Crippen LogP contribution is -2.01. The molecule has 0 unspecified atom stereocenters. The normalized spacial score (nSPS) is 11.3. The van der Waals surface area contributed by atoms with E-state index in [0.717, 1.165) is 11.1 Å². The quantitative estimate of drug-likeness (QED) is 0.437. The molecular formula is C10H14N4. The second-order valence-electron chi connectivity index (χ2n) is 3.04. The fourth-order valence-corrected chi connectivity index (χ4v) is 0.936. The smallest absolute Gasteiger partial charge is 0.0542 e. The van der Waals surface area contributed by atoms with Crippen molar-refractivity contribution in [1.82, 2.24) is 5.01 Å². The van der Waals surface area contributed by atoms with E-state index in [4.69, 9.17) is 5.84 Å². The van der Waals surface area contributed by atoms with Crippen molar-refractivity contribution in [3.63, 3.8) is 0 Å². The van der Waals surface area contributed by atoms with Gasteiger partial charge in [-0.25, -0.2) is 0 Å². The van der Waals surface area contributed by atoms with E-state index in [9.17, 15) is 0 Å². The van der Waals surface area contributed by atoms with Gasteiger partial charge in [-0.3, -0.25) is 0 Å². The number of hydrazone groups is 2. The van der Waals surface area contributed by atoms with Gasteiger partial charge in [-0.05, 0) is 11.1 Å². The first-order valence-corrected chi connectivity index (χ1v) is 4.27. The summed E-state index contributed by atoms with van der Waals surface area (Å²) in [4.78, 5) is 0. The zero-order valence-corrected chi connectivity index (χ0v) is 8.38. The molecule has 1 rings (SSSR count). The van der Waals surface area contributed by atoms with E-state index in [0.29, 0.717) is 0 Å². The molecule has 0 saturated carbocycles. The molecule has 2 N–H and O–H groups in total. The highest BCUT2D eigenvalue weighted by Gasteiger charge is 1.89. The van der Waals surface area contributed by atoms with Gasteiger partial charge in [0.25, 0.3) is 0 Å². The fraction of sp³-hybridized carbons (Fsp3) is 0.200. The standard InChI is InChI=1S/C10H14N4/c1-14(2)13-8-10-5-3-9(4-6-10)7-12-11/h3-8H,11H2,1-2H3/b12-7+,13-8+. The lowest BCUT2D eigenvalue weighted by Gasteiger charge is -2.02. The topological polar surface area (TPSA) is 54.0 Å². The third-order valence-electron chi connectivity index (χ3n) is 1.60. The summed E-state index contributed by atoms with van der Waals surface area (Å²) in [5, 5.41) is 9.31. The summed E-state index contributed by atoms with van der Waals surface area (Å²) in [5.74, 6) is 5.03. The Balaban J connectivity index is 2.73. The molecule has 0 spiro atoms. The second-order valence-corrected chi connectivity index (χ2v) is 3.04. The Labute approximate surface area is 83.7 Å². The summed E-state index contributed by atoms with van der Waals surface area (Å²) in [6.45, 7) is 0. The molecule has 1 aromatic carbocycles. The number of hydrogen-bond donors (Lipinski definition) is 1.